The number of benzene rings is 2. The number of amides is 3. The molecule has 2 aromatic carbocycles. The molecule has 4 rings (SSSR count). The molecule has 0 radical (unpaired) electrons. The number of hydrogen-bond acceptors (Lipinski definition) is 6. The average Bonchev–Trinajstić information content (AvgIpc) is 3.35. The fourth-order valence-corrected chi connectivity index (χ4v) is 7.48. The highest BCUT2D eigenvalue weighted by Gasteiger charge is 2.35. The first-order valence-electron chi connectivity index (χ1n) is 13.2. The van der Waals surface area contributed by atoms with Crippen LogP contribution in [-0.4, -0.2) is 74.2 Å². The number of hydrogen-bond donors (Lipinski definition) is 2. The van der Waals surface area contributed by atoms with Crippen molar-refractivity contribution in [3.63, 3.8) is 0 Å². The number of piperazine rings is 1. The number of carbonyl (C=O) groups is 3. The molecule has 0 spiro atoms. The fourth-order valence-electron chi connectivity index (χ4n) is 4.77. The summed E-state index contributed by atoms with van der Waals surface area (Å²) in [4.78, 5) is 43.2. The Kier molecular flexibility index (Phi) is 9.97. The molecule has 2 heterocycles. The van der Waals surface area contributed by atoms with Gasteiger partial charge in [-0.1, -0.05) is 55.2 Å². The van der Waals surface area contributed by atoms with Gasteiger partial charge in [0, 0.05) is 35.4 Å². The van der Waals surface area contributed by atoms with Crippen LogP contribution in [0.5, 0.6) is 0 Å². The lowest BCUT2D eigenvalue weighted by atomic mass is 10.0. The minimum atomic E-state index is -4.04. The molecule has 1 fully saturated rings. The summed E-state index contributed by atoms with van der Waals surface area (Å²) in [5.41, 5.74) is 0. The summed E-state index contributed by atoms with van der Waals surface area (Å²) in [5.74, 6) is -0.757. The van der Waals surface area contributed by atoms with Crippen LogP contribution in [0.3, 0.4) is 0 Å². The largest absolute Gasteiger partial charge is 0.340 e. The van der Waals surface area contributed by atoms with Gasteiger partial charge >= 0.3 is 0 Å². The van der Waals surface area contributed by atoms with Crippen molar-refractivity contribution in [2.75, 3.05) is 26.2 Å². The van der Waals surface area contributed by atoms with Gasteiger partial charge in [-0.3, -0.25) is 14.4 Å². The summed E-state index contributed by atoms with van der Waals surface area (Å²) in [6.45, 7) is 6.07. The molecule has 220 valence electrons. The lowest BCUT2D eigenvalue weighted by Crippen LogP contribution is -2.60. The summed E-state index contributed by atoms with van der Waals surface area (Å²) >= 11 is 13.3. The summed E-state index contributed by atoms with van der Waals surface area (Å²) in [7, 11) is -4.04. The van der Waals surface area contributed by atoms with Gasteiger partial charge in [-0.25, -0.2) is 13.1 Å². The summed E-state index contributed by atoms with van der Waals surface area (Å²) < 4.78 is 28.6. The topological polar surface area (TPSA) is 116 Å². The van der Waals surface area contributed by atoms with Gasteiger partial charge in [0.25, 0.3) is 5.91 Å². The Morgan fingerprint density at radius 3 is 2.46 bits per heavy atom. The maximum atomic E-state index is 13.6. The molecule has 2 N–H and O–H groups in total. The van der Waals surface area contributed by atoms with E-state index in [9.17, 15) is 22.8 Å². The van der Waals surface area contributed by atoms with Gasteiger partial charge < -0.3 is 15.1 Å². The second-order valence-corrected chi connectivity index (χ2v) is 14.1. The molecule has 1 saturated heterocycles. The van der Waals surface area contributed by atoms with Crippen molar-refractivity contribution < 1.29 is 22.8 Å². The molecule has 3 aromatic rings. The van der Waals surface area contributed by atoms with E-state index in [0.717, 1.165) is 10.1 Å². The molecular formula is C28H32Cl2N4O5S2. The molecule has 0 bridgehead atoms. The van der Waals surface area contributed by atoms with Gasteiger partial charge in [-0.15, -0.1) is 11.3 Å². The van der Waals surface area contributed by atoms with E-state index in [2.05, 4.69) is 10.0 Å². The van der Waals surface area contributed by atoms with Gasteiger partial charge in [-0.2, -0.15) is 0 Å². The Labute approximate surface area is 253 Å². The molecule has 0 saturated carbocycles. The Morgan fingerprint density at radius 1 is 1.07 bits per heavy atom. The minimum absolute atomic E-state index is 0.0476. The van der Waals surface area contributed by atoms with Crippen LogP contribution in [0.4, 0.5) is 0 Å². The smallest absolute Gasteiger partial charge is 0.262 e. The van der Waals surface area contributed by atoms with Crippen LogP contribution in [0.1, 0.15) is 36.9 Å². The summed E-state index contributed by atoms with van der Waals surface area (Å²) in [6.07, 6.45) is 0.469. The zero-order valence-corrected chi connectivity index (χ0v) is 26.0. The predicted molar refractivity (Wildman–Crippen MR) is 162 cm³/mol. The van der Waals surface area contributed by atoms with Gasteiger partial charge in [0.1, 0.15) is 10.9 Å². The first-order valence-corrected chi connectivity index (χ1v) is 16.2. The Morgan fingerprint density at radius 2 is 1.80 bits per heavy atom. The molecule has 3 amide bonds. The van der Waals surface area contributed by atoms with Gasteiger partial charge in [0.15, 0.2) is 0 Å². The number of thiophene rings is 1. The third-order valence-electron chi connectivity index (χ3n) is 6.82. The third kappa shape index (κ3) is 7.58. The van der Waals surface area contributed by atoms with Crippen molar-refractivity contribution in [1.82, 2.24) is 19.8 Å². The van der Waals surface area contributed by atoms with Crippen LogP contribution in [0, 0.1) is 5.92 Å². The molecule has 9 nitrogen and oxygen atoms in total. The van der Waals surface area contributed by atoms with Crippen LogP contribution in [0.15, 0.2) is 53.4 Å². The molecule has 0 unspecified atom stereocenters. The van der Waals surface area contributed by atoms with Crippen molar-refractivity contribution in [3.05, 3.63) is 63.5 Å². The Bertz CT molecular complexity index is 1530. The molecule has 0 aliphatic carbocycles. The number of carbonyl (C=O) groups excluding carboxylic acids is 3. The van der Waals surface area contributed by atoms with Crippen LogP contribution in [0.25, 0.3) is 10.1 Å². The van der Waals surface area contributed by atoms with Crippen LogP contribution < -0.4 is 10.0 Å². The highest BCUT2D eigenvalue weighted by Crippen LogP contribution is 2.26. The Balaban J connectivity index is 1.37. The molecule has 1 aromatic heterocycles. The van der Waals surface area contributed by atoms with E-state index in [1.807, 2.05) is 51.1 Å². The zero-order chi connectivity index (χ0) is 29.9. The van der Waals surface area contributed by atoms with Crippen molar-refractivity contribution in [3.8, 4) is 0 Å². The van der Waals surface area contributed by atoms with E-state index in [1.54, 1.807) is 4.90 Å². The third-order valence-corrected chi connectivity index (χ3v) is 10.1. The minimum Gasteiger partial charge on any atom is -0.340 e. The Hall–Kier alpha value is -2.70. The van der Waals surface area contributed by atoms with Gasteiger partial charge in [-0.05, 0) is 55.0 Å². The van der Waals surface area contributed by atoms with E-state index >= 15 is 0 Å². The van der Waals surface area contributed by atoms with Crippen LogP contribution >= 0.6 is 34.5 Å². The second-order valence-electron chi connectivity index (χ2n) is 10.4. The normalized spacial score (nSPS) is 16.7. The zero-order valence-electron chi connectivity index (χ0n) is 22.9. The number of nitrogens with zero attached hydrogens (tertiary/aromatic N) is 2. The highest BCUT2D eigenvalue weighted by molar-refractivity contribution is 7.89. The highest BCUT2D eigenvalue weighted by atomic mass is 35.5. The van der Waals surface area contributed by atoms with Gasteiger partial charge in [0.2, 0.25) is 21.8 Å². The van der Waals surface area contributed by atoms with E-state index in [-0.39, 0.29) is 53.3 Å². The lowest BCUT2D eigenvalue weighted by molar-refractivity contribution is -0.143. The SMILES string of the molecule is CC(C)C[C@H](NC(=O)c1cc2ccccc2s1)C(=O)N1CCN(C(=O)CNS(=O)(=O)c2ccc(Cl)cc2Cl)C[C@@H]1C. The number of rotatable bonds is 9. The average molecular weight is 640 g/mol. The van der Waals surface area contributed by atoms with Crippen molar-refractivity contribution in [2.24, 2.45) is 5.92 Å². The van der Waals surface area contributed by atoms with Gasteiger partial charge in [0.05, 0.1) is 16.4 Å². The van der Waals surface area contributed by atoms with E-state index in [4.69, 9.17) is 23.2 Å². The molecule has 13 heteroatoms. The molecule has 2 atom stereocenters. The number of halogens is 2. The molecule has 1 aliphatic rings. The van der Waals surface area contributed by atoms with Crippen molar-refractivity contribution >= 4 is 72.4 Å². The monoisotopic (exact) mass is 638 g/mol. The van der Waals surface area contributed by atoms with Crippen LogP contribution in [0.2, 0.25) is 10.0 Å². The van der Waals surface area contributed by atoms with E-state index in [0.29, 0.717) is 16.3 Å². The second kappa shape index (κ2) is 13.1. The first kappa shape index (κ1) is 31.2. The number of sulfonamides is 1. The molecule has 41 heavy (non-hydrogen) atoms. The van der Waals surface area contributed by atoms with E-state index in [1.165, 1.54) is 34.4 Å². The number of fused-ring (bicyclic) bond motifs is 1. The van der Waals surface area contributed by atoms with Crippen LogP contribution in [-0.2, 0) is 19.6 Å². The number of nitrogens with one attached hydrogen (secondary N) is 2. The summed E-state index contributed by atoms with van der Waals surface area (Å²) in [6, 6.07) is 12.5. The lowest BCUT2D eigenvalue weighted by Gasteiger charge is -2.41. The van der Waals surface area contributed by atoms with E-state index < -0.39 is 28.5 Å². The van der Waals surface area contributed by atoms with Crippen molar-refractivity contribution in [2.45, 2.75) is 44.2 Å². The maximum Gasteiger partial charge on any atom is 0.262 e. The molecular weight excluding hydrogens is 607 g/mol. The molecule has 1 aliphatic heterocycles. The quantitative estimate of drug-likeness (QED) is 0.361. The van der Waals surface area contributed by atoms with Crippen molar-refractivity contribution in [1.29, 1.82) is 0 Å². The standard InChI is InChI=1S/C28H32Cl2N4O5S2/c1-17(2)12-22(32-27(36)24-13-19-6-4-5-7-23(19)40-24)28(37)34-11-10-33(16-18(34)3)26(35)15-31-41(38,39)25-9-8-20(29)14-21(25)30/h4-9,13-14,17-18,22,31H,10-12,15-16H2,1-3H3,(H,32,36)/t18-,22-/m0/s1. The maximum absolute atomic E-state index is 13.6. The first-order chi connectivity index (χ1) is 19.4. The summed E-state index contributed by atoms with van der Waals surface area (Å²) in [5, 5.41) is 4.16. The fraction of sp³-hybridized carbons (Fsp3) is 0.393. The predicted octanol–water partition coefficient (Wildman–Crippen LogP) is 4.39.